The lowest BCUT2D eigenvalue weighted by atomic mass is 9.80. The van der Waals surface area contributed by atoms with Crippen LogP contribution in [0.5, 0.6) is 0 Å². The molecule has 2 N–H and O–H groups in total. The van der Waals surface area contributed by atoms with Crippen molar-refractivity contribution in [1.29, 1.82) is 0 Å². The van der Waals surface area contributed by atoms with Crippen LogP contribution < -0.4 is 10.6 Å². The van der Waals surface area contributed by atoms with E-state index in [1.807, 2.05) is 0 Å². The summed E-state index contributed by atoms with van der Waals surface area (Å²) >= 11 is 0. The van der Waals surface area contributed by atoms with E-state index in [2.05, 4.69) is 17.6 Å². The molecule has 1 aliphatic heterocycles. The summed E-state index contributed by atoms with van der Waals surface area (Å²) in [6, 6.07) is 1.50. The number of rotatable bonds is 4. The molecule has 2 aliphatic rings. The zero-order valence-corrected chi connectivity index (χ0v) is 8.68. The van der Waals surface area contributed by atoms with E-state index in [1.54, 1.807) is 0 Å². The van der Waals surface area contributed by atoms with Crippen molar-refractivity contribution in [2.45, 2.75) is 51.1 Å². The molecular formula is C11H22N2. The molecule has 0 radical (unpaired) electrons. The number of hydrogen-bond donors (Lipinski definition) is 2. The van der Waals surface area contributed by atoms with Crippen molar-refractivity contribution in [3.63, 3.8) is 0 Å². The van der Waals surface area contributed by atoms with Gasteiger partial charge >= 0.3 is 0 Å². The lowest BCUT2D eigenvalue weighted by Gasteiger charge is -2.32. The summed E-state index contributed by atoms with van der Waals surface area (Å²) in [6.07, 6.45) is 7.09. The molecule has 1 heterocycles. The molecule has 2 nitrogen and oxygen atoms in total. The number of nitrogens with one attached hydrogen (secondary N) is 2. The summed E-state index contributed by atoms with van der Waals surface area (Å²) in [5.74, 6) is 0.974. The second kappa shape index (κ2) is 4.43. The summed E-state index contributed by atoms with van der Waals surface area (Å²) in [7, 11) is 0. The Morgan fingerprint density at radius 1 is 1.31 bits per heavy atom. The van der Waals surface area contributed by atoms with Gasteiger partial charge in [0.1, 0.15) is 0 Å². The maximum Gasteiger partial charge on any atom is 0.0193 e. The zero-order valence-electron chi connectivity index (χ0n) is 8.68. The zero-order chi connectivity index (χ0) is 9.10. The van der Waals surface area contributed by atoms with E-state index in [1.165, 1.54) is 45.2 Å². The average Bonchev–Trinajstić information content (AvgIpc) is 2.49. The predicted octanol–water partition coefficient (Wildman–Crippen LogP) is 1.52. The van der Waals surface area contributed by atoms with Gasteiger partial charge in [-0.05, 0) is 45.1 Å². The largest absolute Gasteiger partial charge is 0.313 e. The Bertz CT molecular complexity index is 148. The van der Waals surface area contributed by atoms with Gasteiger partial charge in [-0.2, -0.15) is 0 Å². The first-order valence-corrected chi connectivity index (χ1v) is 5.83. The van der Waals surface area contributed by atoms with Crippen molar-refractivity contribution >= 4 is 0 Å². The highest BCUT2D eigenvalue weighted by atomic mass is 15.0. The van der Waals surface area contributed by atoms with Crippen molar-refractivity contribution in [2.24, 2.45) is 5.92 Å². The van der Waals surface area contributed by atoms with Crippen molar-refractivity contribution in [3.8, 4) is 0 Å². The molecule has 0 bridgehead atoms. The maximum absolute atomic E-state index is 3.66. The van der Waals surface area contributed by atoms with Gasteiger partial charge in [-0.15, -0.1) is 0 Å². The standard InChI is InChI=1S/C11H22N2/c1-9(10-4-2-5-10)13-8-11-6-3-7-12-11/h9-13H,2-8H2,1H3. The van der Waals surface area contributed by atoms with Crippen molar-refractivity contribution in [1.82, 2.24) is 10.6 Å². The van der Waals surface area contributed by atoms with Gasteiger partial charge in [-0.3, -0.25) is 0 Å². The van der Waals surface area contributed by atoms with Gasteiger partial charge in [-0.1, -0.05) is 6.42 Å². The Kier molecular flexibility index (Phi) is 3.23. The Morgan fingerprint density at radius 2 is 2.15 bits per heavy atom. The third-order valence-corrected chi connectivity index (χ3v) is 3.71. The molecule has 0 amide bonds. The molecule has 0 aromatic rings. The molecular weight excluding hydrogens is 160 g/mol. The minimum atomic E-state index is 0.746. The molecule has 13 heavy (non-hydrogen) atoms. The van der Waals surface area contributed by atoms with Crippen molar-refractivity contribution in [3.05, 3.63) is 0 Å². The molecule has 2 rings (SSSR count). The highest BCUT2D eigenvalue weighted by molar-refractivity contribution is 4.83. The Morgan fingerprint density at radius 3 is 2.69 bits per heavy atom. The minimum absolute atomic E-state index is 0.746. The van der Waals surface area contributed by atoms with E-state index in [9.17, 15) is 0 Å². The van der Waals surface area contributed by atoms with Crippen LogP contribution in [0, 0.1) is 5.92 Å². The first-order chi connectivity index (χ1) is 6.36. The van der Waals surface area contributed by atoms with Crippen LogP contribution >= 0.6 is 0 Å². The normalized spacial score (nSPS) is 31.6. The van der Waals surface area contributed by atoms with Gasteiger partial charge in [0.25, 0.3) is 0 Å². The SMILES string of the molecule is CC(NCC1CCCN1)C1CCC1. The lowest BCUT2D eigenvalue weighted by Crippen LogP contribution is -2.43. The fourth-order valence-corrected chi connectivity index (χ4v) is 2.37. The molecule has 1 saturated carbocycles. The van der Waals surface area contributed by atoms with Gasteiger partial charge in [0.15, 0.2) is 0 Å². The summed E-state index contributed by atoms with van der Waals surface area (Å²) in [6.45, 7) is 4.75. The van der Waals surface area contributed by atoms with Gasteiger partial charge in [-0.25, -0.2) is 0 Å². The number of hydrogen-bond acceptors (Lipinski definition) is 2. The molecule has 2 atom stereocenters. The molecule has 1 aliphatic carbocycles. The van der Waals surface area contributed by atoms with Gasteiger partial charge in [0.2, 0.25) is 0 Å². The van der Waals surface area contributed by atoms with Gasteiger partial charge in [0.05, 0.1) is 0 Å². The van der Waals surface area contributed by atoms with Gasteiger partial charge in [0, 0.05) is 18.6 Å². The molecule has 2 unspecified atom stereocenters. The maximum atomic E-state index is 3.66. The van der Waals surface area contributed by atoms with E-state index in [0.29, 0.717) is 0 Å². The van der Waals surface area contributed by atoms with E-state index in [4.69, 9.17) is 0 Å². The van der Waals surface area contributed by atoms with Crippen LogP contribution in [0.4, 0.5) is 0 Å². The average molecular weight is 182 g/mol. The summed E-state index contributed by atoms with van der Waals surface area (Å²) in [4.78, 5) is 0. The molecule has 2 heteroatoms. The van der Waals surface area contributed by atoms with E-state index in [-0.39, 0.29) is 0 Å². The smallest absolute Gasteiger partial charge is 0.0193 e. The highest BCUT2D eigenvalue weighted by Crippen LogP contribution is 2.29. The van der Waals surface area contributed by atoms with E-state index >= 15 is 0 Å². The predicted molar refractivity (Wildman–Crippen MR) is 55.8 cm³/mol. The first kappa shape index (κ1) is 9.47. The van der Waals surface area contributed by atoms with Crippen LogP contribution in [0.2, 0.25) is 0 Å². The fourth-order valence-electron chi connectivity index (χ4n) is 2.37. The second-order valence-corrected chi connectivity index (χ2v) is 4.68. The molecule has 0 aromatic heterocycles. The Balaban J connectivity index is 1.60. The fraction of sp³-hybridized carbons (Fsp3) is 1.00. The Hall–Kier alpha value is -0.0800. The van der Waals surface area contributed by atoms with Crippen LogP contribution in [-0.4, -0.2) is 25.2 Å². The van der Waals surface area contributed by atoms with Crippen LogP contribution in [0.15, 0.2) is 0 Å². The summed E-state index contributed by atoms with van der Waals surface area (Å²) in [5, 5.41) is 7.19. The van der Waals surface area contributed by atoms with E-state index < -0.39 is 0 Å². The quantitative estimate of drug-likeness (QED) is 0.689. The second-order valence-electron chi connectivity index (χ2n) is 4.68. The lowest BCUT2D eigenvalue weighted by molar-refractivity contribution is 0.237. The molecule has 0 spiro atoms. The van der Waals surface area contributed by atoms with Crippen LogP contribution in [0.1, 0.15) is 39.0 Å². The van der Waals surface area contributed by atoms with E-state index in [0.717, 1.165) is 18.0 Å². The Labute approximate surface area is 81.5 Å². The van der Waals surface area contributed by atoms with Gasteiger partial charge < -0.3 is 10.6 Å². The highest BCUT2D eigenvalue weighted by Gasteiger charge is 2.24. The van der Waals surface area contributed by atoms with Crippen molar-refractivity contribution < 1.29 is 0 Å². The molecule has 76 valence electrons. The van der Waals surface area contributed by atoms with Crippen LogP contribution in [0.3, 0.4) is 0 Å². The third-order valence-electron chi connectivity index (χ3n) is 3.71. The molecule has 1 saturated heterocycles. The topological polar surface area (TPSA) is 24.1 Å². The van der Waals surface area contributed by atoms with Crippen LogP contribution in [0.25, 0.3) is 0 Å². The minimum Gasteiger partial charge on any atom is -0.313 e. The monoisotopic (exact) mass is 182 g/mol. The summed E-state index contributed by atoms with van der Waals surface area (Å²) < 4.78 is 0. The first-order valence-electron chi connectivity index (χ1n) is 5.83. The van der Waals surface area contributed by atoms with Crippen LogP contribution in [-0.2, 0) is 0 Å². The molecule has 0 aromatic carbocycles. The molecule has 2 fully saturated rings. The third kappa shape index (κ3) is 2.44. The van der Waals surface area contributed by atoms with Crippen molar-refractivity contribution in [2.75, 3.05) is 13.1 Å². The summed E-state index contributed by atoms with van der Waals surface area (Å²) in [5.41, 5.74) is 0.